The molecule has 0 aromatic carbocycles. The molecule has 6 heteroatoms. The van der Waals surface area contributed by atoms with Crippen molar-refractivity contribution in [3.63, 3.8) is 0 Å². The van der Waals surface area contributed by atoms with Crippen LogP contribution in [0.4, 0.5) is 5.82 Å². The largest absolute Gasteiger partial charge is 0.478 e. The third kappa shape index (κ3) is 1.34. The zero-order chi connectivity index (χ0) is 10.1. The van der Waals surface area contributed by atoms with E-state index < -0.39 is 11.5 Å². The van der Waals surface area contributed by atoms with Gasteiger partial charge in [0.2, 0.25) is 0 Å². The topological polar surface area (TPSA) is 86.3 Å². The smallest absolute Gasteiger partial charge is 0.339 e. The van der Waals surface area contributed by atoms with Crippen molar-refractivity contribution in [2.24, 2.45) is 0 Å². The van der Waals surface area contributed by atoms with E-state index in [-0.39, 0.29) is 5.56 Å². The molecule has 1 aromatic heterocycles. The average Bonchev–Trinajstić information content (AvgIpc) is 2.04. The van der Waals surface area contributed by atoms with Gasteiger partial charge in [-0.1, -0.05) is 0 Å². The number of hydrogen-bond donors (Lipinski definition) is 2. The molecule has 14 heavy (non-hydrogen) atoms. The lowest BCUT2D eigenvalue weighted by molar-refractivity contribution is 0.0696. The molecule has 74 valence electrons. The minimum atomic E-state index is -1.12. The summed E-state index contributed by atoms with van der Waals surface area (Å²) in [5.41, 5.74) is -0.528. The first kappa shape index (κ1) is 8.74. The quantitative estimate of drug-likeness (QED) is 0.675. The van der Waals surface area contributed by atoms with Crippen molar-refractivity contribution in [2.45, 2.75) is 6.42 Å². The van der Waals surface area contributed by atoms with Gasteiger partial charge < -0.3 is 10.0 Å². The molecule has 0 saturated carbocycles. The number of carboxylic acids is 1. The zero-order valence-corrected chi connectivity index (χ0v) is 7.36. The van der Waals surface area contributed by atoms with Gasteiger partial charge in [0.05, 0.1) is 0 Å². The second kappa shape index (κ2) is 3.13. The van der Waals surface area contributed by atoms with E-state index in [0.29, 0.717) is 5.82 Å². The first-order chi connectivity index (χ1) is 6.68. The Kier molecular flexibility index (Phi) is 1.95. The molecular formula is C8H9N3O3. The fourth-order valence-corrected chi connectivity index (χ4v) is 1.32. The Bertz CT molecular complexity index is 422. The standard InChI is InChI=1S/C8H9N3O3/c12-6-4-5(8(13)14)7(10-9-6)11-2-1-3-11/h4H,1-3H2,(H,9,12)(H,13,14). The summed E-state index contributed by atoms with van der Waals surface area (Å²) in [5, 5.41) is 14.8. The van der Waals surface area contributed by atoms with Crippen LogP contribution in [-0.4, -0.2) is 34.4 Å². The highest BCUT2D eigenvalue weighted by Gasteiger charge is 2.22. The predicted molar refractivity (Wildman–Crippen MR) is 48.6 cm³/mol. The minimum absolute atomic E-state index is 0.0338. The highest BCUT2D eigenvalue weighted by Crippen LogP contribution is 2.20. The van der Waals surface area contributed by atoms with Crippen LogP contribution in [0.3, 0.4) is 0 Å². The lowest BCUT2D eigenvalue weighted by atomic mass is 10.2. The van der Waals surface area contributed by atoms with Crippen LogP contribution in [0.15, 0.2) is 10.9 Å². The van der Waals surface area contributed by atoms with Crippen LogP contribution >= 0.6 is 0 Å². The molecule has 2 N–H and O–H groups in total. The number of aromatic nitrogens is 2. The summed E-state index contributed by atoms with van der Waals surface area (Å²) in [5.74, 6) is -0.770. The van der Waals surface area contributed by atoms with Gasteiger partial charge in [-0.3, -0.25) is 4.79 Å². The van der Waals surface area contributed by atoms with Crippen molar-refractivity contribution in [2.75, 3.05) is 18.0 Å². The van der Waals surface area contributed by atoms with Crippen molar-refractivity contribution >= 4 is 11.8 Å². The second-order valence-electron chi connectivity index (χ2n) is 3.12. The molecule has 0 radical (unpaired) electrons. The fourth-order valence-electron chi connectivity index (χ4n) is 1.32. The number of rotatable bonds is 2. The van der Waals surface area contributed by atoms with Gasteiger partial charge in [0.25, 0.3) is 5.56 Å². The number of hydrogen-bond acceptors (Lipinski definition) is 4. The number of aromatic amines is 1. The first-order valence-electron chi connectivity index (χ1n) is 4.26. The maximum absolute atomic E-state index is 10.9. The Hall–Kier alpha value is -1.85. The lowest BCUT2D eigenvalue weighted by Gasteiger charge is -2.32. The third-order valence-corrected chi connectivity index (χ3v) is 2.17. The monoisotopic (exact) mass is 195 g/mol. The number of H-pyrrole nitrogens is 1. The van der Waals surface area contributed by atoms with Gasteiger partial charge in [0, 0.05) is 19.2 Å². The van der Waals surface area contributed by atoms with Gasteiger partial charge in [0.15, 0.2) is 5.82 Å². The zero-order valence-electron chi connectivity index (χ0n) is 7.36. The highest BCUT2D eigenvalue weighted by atomic mass is 16.4. The molecule has 1 aliphatic heterocycles. The SMILES string of the molecule is O=C(O)c1cc(=O)[nH]nc1N1CCC1. The summed E-state index contributed by atoms with van der Waals surface area (Å²) >= 11 is 0. The van der Waals surface area contributed by atoms with Gasteiger partial charge in [-0.25, -0.2) is 9.89 Å². The Morgan fingerprint density at radius 1 is 1.57 bits per heavy atom. The van der Waals surface area contributed by atoms with E-state index in [2.05, 4.69) is 10.2 Å². The summed E-state index contributed by atoms with van der Waals surface area (Å²) < 4.78 is 0. The van der Waals surface area contributed by atoms with E-state index in [1.807, 2.05) is 4.90 Å². The predicted octanol–water partition coefficient (Wildman–Crippen LogP) is -0.322. The number of nitrogens with zero attached hydrogens (tertiary/aromatic N) is 2. The Balaban J connectivity index is 2.46. The van der Waals surface area contributed by atoms with Gasteiger partial charge in [-0.05, 0) is 6.42 Å². The van der Waals surface area contributed by atoms with Crippen LogP contribution in [0.25, 0.3) is 0 Å². The lowest BCUT2D eigenvalue weighted by Crippen LogP contribution is -2.39. The molecule has 2 rings (SSSR count). The molecule has 0 unspecified atom stereocenters. The molecule has 0 atom stereocenters. The Morgan fingerprint density at radius 2 is 2.29 bits per heavy atom. The van der Waals surface area contributed by atoms with E-state index in [1.165, 1.54) is 0 Å². The van der Waals surface area contributed by atoms with Crippen LogP contribution in [0, 0.1) is 0 Å². The first-order valence-corrected chi connectivity index (χ1v) is 4.26. The Labute approximate surface area is 79.2 Å². The summed E-state index contributed by atoms with van der Waals surface area (Å²) in [6.07, 6.45) is 1.03. The van der Waals surface area contributed by atoms with E-state index in [4.69, 9.17) is 5.11 Å². The molecule has 1 aromatic rings. The summed E-state index contributed by atoms with van der Waals surface area (Å²) in [4.78, 5) is 23.5. The van der Waals surface area contributed by atoms with Gasteiger partial charge in [0.1, 0.15) is 5.56 Å². The van der Waals surface area contributed by atoms with Crippen molar-refractivity contribution in [3.8, 4) is 0 Å². The molecular weight excluding hydrogens is 186 g/mol. The van der Waals surface area contributed by atoms with Crippen LogP contribution in [0.1, 0.15) is 16.8 Å². The van der Waals surface area contributed by atoms with Crippen LogP contribution in [0.5, 0.6) is 0 Å². The molecule has 1 aliphatic rings. The van der Waals surface area contributed by atoms with Crippen molar-refractivity contribution in [1.29, 1.82) is 0 Å². The van der Waals surface area contributed by atoms with Crippen molar-refractivity contribution in [1.82, 2.24) is 10.2 Å². The third-order valence-electron chi connectivity index (χ3n) is 2.17. The van der Waals surface area contributed by atoms with Crippen molar-refractivity contribution in [3.05, 3.63) is 22.0 Å². The molecule has 6 nitrogen and oxygen atoms in total. The average molecular weight is 195 g/mol. The van der Waals surface area contributed by atoms with E-state index >= 15 is 0 Å². The highest BCUT2D eigenvalue weighted by molar-refractivity contribution is 5.93. The number of nitrogens with one attached hydrogen (secondary N) is 1. The van der Waals surface area contributed by atoms with Gasteiger partial charge in [-0.15, -0.1) is 0 Å². The van der Waals surface area contributed by atoms with Gasteiger partial charge in [-0.2, -0.15) is 5.10 Å². The maximum atomic E-state index is 10.9. The normalized spacial score (nSPS) is 15.0. The molecule has 0 amide bonds. The Morgan fingerprint density at radius 3 is 2.79 bits per heavy atom. The second-order valence-corrected chi connectivity index (χ2v) is 3.12. The molecule has 1 saturated heterocycles. The number of carbonyl (C=O) groups is 1. The number of anilines is 1. The molecule has 1 fully saturated rings. The van der Waals surface area contributed by atoms with Crippen LogP contribution < -0.4 is 10.5 Å². The van der Waals surface area contributed by atoms with Crippen LogP contribution in [0.2, 0.25) is 0 Å². The van der Waals surface area contributed by atoms with Gasteiger partial charge >= 0.3 is 5.97 Å². The fraction of sp³-hybridized carbons (Fsp3) is 0.375. The van der Waals surface area contributed by atoms with Crippen LogP contribution in [-0.2, 0) is 0 Å². The molecule has 0 aliphatic carbocycles. The summed E-state index contributed by atoms with van der Waals surface area (Å²) in [6, 6.07) is 1.06. The van der Waals surface area contributed by atoms with E-state index in [1.54, 1.807) is 0 Å². The summed E-state index contributed by atoms with van der Waals surface area (Å²) in [6.45, 7) is 1.58. The molecule has 0 bridgehead atoms. The molecule has 2 heterocycles. The maximum Gasteiger partial charge on any atom is 0.339 e. The summed E-state index contributed by atoms with van der Waals surface area (Å²) in [7, 11) is 0. The minimum Gasteiger partial charge on any atom is -0.478 e. The number of carboxylic acid groups (broad SMARTS) is 1. The number of aromatic carboxylic acids is 1. The molecule has 0 spiro atoms. The van der Waals surface area contributed by atoms with E-state index in [9.17, 15) is 9.59 Å². The van der Waals surface area contributed by atoms with Crippen molar-refractivity contribution < 1.29 is 9.90 Å². The van der Waals surface area contributed by atoms with E-state index in [0.717, 1.165) is 25.6 Å².